The number of nitrogens with one attached hydrogen (secondary N) is 1. The van der Waals surface area contributed by atoms with Crippen LogP contribution in [0, 0.1) is 0 Å². The van der Waals surface area contributed by atoms with Crippen molar-refractivity contribution in [1.29, 1.82) is 0 Å². The van der Waals surface area contributed by atoms with Crippen LogP contribution in [-0.2, 0) is 9.59 Å². The molecule has 0 bridgehead atoms. The number of hydrogen-bond donors (Lipinski definition) is 2. The average molecular weight is 286 g/mol. The van der Waals surface area contributed by atoms with Crippen molar-refractivity contribution in [3.63, 3.8) is 0 Å². The molecule has 1 unspecified atom stereocenters. The molecule has 20 heavy (non-hydrogen) atoms. The Kier molecular flexibility index (Phi) is 6.90. The van der Waals surface area contributed by atoms with Gasteiger partial charge in [-0.05, 0) is 14.1 Å². The molecule has 1 saturated heterocycles. The van der Waals surface area contributed by atoms with E-state index < -0.39 is 12.0 Å². The van der Waals surface area contributed by atoms with Gasteiger partial charge in [0.15, 0.2) is 0 Å². The highest BCUT2D eigenvalue weighted by atomic mass is 16.4. The van der Waals surface area contributed by atoms with Crippen molar-refractivity contribution < 1.29 is 14.7 Å². The van der Waals surface area contributed by atoms with Crippen molar-refractivity contribution in [3.05, 3.63) is 0 Å². The zero-order valence-electron chi connectivity index (χ0n) is 12.6. The summed E-state index contributed by atoms with van der Waals surface area (Å²) in [7, 11) is 4.11. The Morgan fingerprint density at radius 1 is 1.20 bits per heavy atom. The second kappa shape index (κ2) is 8.18. The highest BCUT2D eigenvalue weighted by Gasteiger charge is 2.24. The summed E-state index contributed by atoms with van der Waals surface area (Å²) in [5, 5.41) is 11.6. The van der Waals surface area contributed by atoms with Gasteiger partial charge in [0.2, 0.25) is 5.91 Å². The number of carboxylic acid groups (broad SMARTS) is 1. The van der Waals surface area contributed by atoms with Crippen molar-refractivity contribution in [2.45, 2.75) is 13.0 Å². The number of piperazine rings is 1. The van der Waals surface area contributed by atoms with Crippen molar-refractivity contribution in [3.8, 4) is 0 Å². The topological polar surface area (TPSA) is 76.1 Å². The van der Waals surface area contributed by atoms with Crippen LogP contribution in [0.5, 0.6) is 0 Å². The van der Waals surface area contributed by atoms with Crippen molar-refractivity contribution in [2.24, 2.45) is 0 Å². The molecule has 1 heterocycles. The highest BCUT2D eigenvalue weighted by molar-refractivity contribution is 5.82. The van der Waals surface area contributed by atoms with Gasteiger partial charge in [-0.2, -0.15) is 0 Å². The maximum absolute atomic E-state index is 11.1. The molecule has 0 saturated carbocycles. The Balaban J connectivity index is 2.33. The van der Waals surface area contributed by atoms with Crippen LogP contribution in [0.25, 0.3) is 0 Å². The minimum Gasteiger partial charge on any atom is -0.480 e. The van der Waals surface area contributed by atoms with Gasteiger partial charge in [0.25, 0.3) is 0 Å². The molecule has 7 heteroatoms. The third-order valence-corrected chi connectivity index (χ3v) is 3.44. The van der Waals surface area contributed by atoms with E-state index in [2.05, 4.69) is 34.1 Å². The first-order chi connectivity index (χ1) is 9.38. The fourth-order valence-corrected chi connectivity index (χ4v) is 2.23. The Hall–Kier alpha value is -1.18. The van der Waals surface area contributed by atoms with Gasteiger partial charge in [-0.1, -0.05) is 0 Å². The van der Waals surface area contributed by atoms with E-state index in [4.69, 9.17) is 5.11 Å². The number of likely N-dealkylation sites (N-methyl/N-ethyl adjacent to an activating group) is 1. The van der Waals surface area contributed by atoms with Gasteiger partial charge in [0.05, 0.1) is 0 Å². The molecule has 0 spiro atoms. The molecule has 0 aromatic rings. The summed E-state index contributed by atoms with van der Waals surface area (Å²) < 4.78 is 0. The third kappa shape index (κ3) is 6.31. The van der Waals surface area contributed by atoms with Gasteiger partial charge >= 0.3 is 5.97 Å². The lowest BCUT2D eigenvalue weighted by molar-refractivity contribution is -0.142. The summed E-state index contributed by atoms with van der Waals surface area (Å²) >= 11 is 0. The smallest absolute Gasteiger partial charge is 0.327 e. The summed E-state index contributed by atoms with van der Waals surface area (Å²) in [5.41, 5.74) is 0. The lowest BCUT2D eigenvalue weighted by Crippen LogP contribution is -2.54. The van der Waals surface area contributed by atoms with Crippen LogP contribution in [0.15, 0.2) is 0 Å². The molecule has 1 aliphatic heterocycles. The molecule has 116 valence electrons. The number of amides is 1. The van der Waals surface area contributed by atoms with E-state index in [9.17, 15) is 9.59 Å². The minimum atomic E-state index is -0.977. The van der Waals surface area contributed by atoms with Crippen molar-refractivity contribution in [2.75, 3.05) is 59.9 Å². The number of carboxylic acids is 1. The van der Waals surface area contributed by atoms with Crippen LogP contribution in [0.1, 0.15) is 6.92 Å². The quantitative estimate of drug-likeness (QED) is 0.609. The monoisotopic (exact) mass is 286 g/mol. The van der Waals surface area contributed by atoms with Gasteiger partial charge in [0.1, 0.15) is 6.04 Å². The standard InChI is InChI=1S/C13H26N4O3/c1-11(18)14-12(13(19)20)10-17-8-6-16(7-9-17)5-4-15(2)3/h12H,4-10H2,1-3H3,(H,14,18)(H,19,20). The number of rotatable bonds is 7. The molecule has 0 aromatic carbocycles. The van der Waals surface area contributed by atoms with E-state index in [-0.39, 0.29) is 5.91 Å². The van der Waals surface area contributed by atoms with Crippen LogP contribution >= 0.6 is 0 Å². The minimum absolute atomic E-state index is 0.304. The Bertz CT molecular complexity index is 328. The summed E-state index contributed by atoms with van der Waals surface area (Å²) in [4.78, 5) is 28.7. The highest BCUT2D eigenvalue weighted by Crippen LogP contribution is 2.03. The van der Waals surface area contributed by atoms with E-state index in [1.807, 2.05) is 0 Å². The zero-order valence-corrected chi connectivity index (χ0v) is 12.6. The zero-order chi connectivity index (χ0) is 15.1. The Morgan fingerprint density at radius 3 is 2.20 bits per heavy atom. The molecule has 1 atom stereocenters. The van der Waals surface area contributed by atoms with E-state index in [1.54, 1.807) is 0 Å². The lowest BCUT2D eigenvalue weighted by atomic mass is 10.2. The molecule has 0 aromatic heterocycles. The van der Waals surface area contributed by atoms with Crippen LogP contribution in [0.3, 0.4) is 0 Å². The first kappa shape index (κ1) is 16.9. The van der Waals surface area contributed by atoms with E-state index in [1.165, 1.54) is 6.92 Å². The Labute approximate surface area is 120 Å². The van der Waals surface area contributed by atoms with Crippen LogP contribution in [-0.4, -0.2) is 97.6 Å². The molecule has 1 amide bonds. The summed E-state index contributed by atoms with van der Waals surface area (Å²) in [5.74, 6) is -1.28. The van der Waals surface area contributed by atoms with Gasteiger partial charge in [-0.15, -0.1) is 0 Å². The van der Waals surface area contributed by atoms with Crippen molar-refractivity contribution in [1.82, 2.24) is 20.0 Å². The van der Waals surface area contributed by atoms with E-state index in [0.29, 0.717) is 6.54 Å². The number of carbonyl (C=O) groups excluding carboxylic acids is 1. The molecule has 2 N–H and O–H groups in total. The van der Waals surface area contributed by atoms with Crippen LogP contribution < -0.4 is 5.32 Å². The molecular weight excluding hydrogens is 260 g/mol. The number of hydrogen-bond acceptors (Lipinski definition) is 5. The molecule has 0 aliphatic carbocycles. The SMILES string of the molecule is CC(=O)NC(CN1CCN(CCN(C)C)CC1)C(=O)O. The number of carbonyl (C=O) groups is 2. The molecule has 1 rings (SSSR count). The fourth-order valence-electron chi connectivity index (χ4n) is 2.23. The van der Waals surface area contributed by atoms with Crippen LogP contribution in [0.2, 0.25) is 0 Å². The summed E-state index contributed by atoms with van der Waals surface area (Å²) in [6, 6.07) is -0.819. The third-order valence-electron chi connectivity index (χ3n) is 3.44. The summed E-state index contributed by atoms with van der Waals surface area (Å²) in [6.45, 7) is 7.36. The van der Waals surface area contributed by atoms with Crippen molar-refractivity contribution >= 4 is 11.9 Å². The number of aliphatic carboxylic acids is 1. The van der Waals surface area contributed by atoms with Crippen LogP contribution in [0.4, 0.5) is 0 Å². The van der Waals surface area contributed by atoms with E-state index in [0.717, 1.165) is 39.3 Å². The molecular formula is C13H26N4O3. The first-order valence-corrected chi connectivity index (χ1v) is 6.98. The maximum Gasteiger partial charge on any atom is 0.327 e. The predicted molar refractivity (Wildman–Crippen MR) is 76.7 cm³/mol. The average Bonchev–Trinajstić information content (AvgIpc) is 2.36. The first-order valence-electron chi connectivity index (χ1n) is 6.98. The molecule has 0 radical (unpaired) electrons. The normalized spacial score (nSPS) is 19.0. The second-order valence-electron chi connectivity index (χ2n) is 5.54. The van der Waals surface area contributed by atoms with Gasteiger partial charge < -0.3 is 15.3 Å². The Morgan fingerprint density at radius 2 is 1.75 bits per heavy atom. The fraction of sp³-hybridized carbons (Fsp3) is 0.846. The number of nitrogens with zero attached hydrogens (tertiary/aromatic N) is 3. The maximum atomic E-state index is 11.1. The molecule has 7 nitrogen and oxygen atoms in total. The van der Waals surface area contributed by atoms with E-state index >= 15 is 0 Å². The molecule has 1 fully saturated rings. The van der Waals surface area contributed by atoms with Gasteiger partial charge in [-0.3, -0.25) is 14.6 Å². The summed E-state index contributed by atoms with van der Waals surface area (Å²) in [6.07, 6.45) is 0. The largest absolute Gasteiger partial charge is 0.480 e. The molecule has 1 aliphatic rings. The van der Waals surface area contributed by atoms with Gasteiger partial charge in [0, 0.05) is 52.7 Å². The van der Waals surface area contributed by atoms with Gasteiger partial charge in [-0.25, -0.2) is 4.79 Å². The predicted octanol–water partition coefficient (Wildman–Crippen LogP) is -1.25. The lowest BCUT2D eigenvalue weighted by Gasteiger charge is -2.36. The second-order valence-corrected chi connectivity index (χ2v) is 5.54.